The quantitative estimate of drug-likeness (QED) is 0.488. The van der Waals surface area contributed by atoms with Crippen molar-refractivity contribution in [2.45, 2.75) is 6.92 Å². The number of aryl methyl sites for hydroxylation is 1. The maximum Gasteiger partial charge on any atom is 0.196 e. The Bertz CT molecular complexity index is 502. The lowest BCUT2D eigenvalue weighted by atomic mass is 10.3. The molecule has 0 aliphatic heterocycles. The standard InChI is InChI=1S/C9H8N2O2/c1-6-7-4-2-3-5-8(10-12)9(7)13-11-6/h2-5,12H,1H3. The molecule has 2 rings (SSSR count). The second-order valence-electron chi connectivity index (χ2n) is 2.71. The number of hydrogen-bond acceptors (Lipinski definition) is 4. The highest BCUT2D eigenvalue weighted by atomic mass is 16.5. The summed E-state index contributed by atoms with van der Waals surface area (Å²) < 4.78 is 5.03. The topological polar surface area (TPSA) is 58.6 Å². The lowest BCUT2D eigenvalue weighted by molar-refractivity contribution is 0.300. The fraction of sp³-hybridized carbons (Fsp3) is 0.111. The van der Waals surface area contributed by atoms with Gasteiger partial charge >= 0.3 is 0 Å². The van der Waals surface area contributed by atoms with Crippen molar-refractivity contribution in [1.82, 2.24) is 5.16 Å². The zero-order chi connectivity index (χ0) is 9.26. The largest absolute Gasteiger partial charge is 0.410 e. The van der Waals surface area contributed by atoms with Gasteiger partial charge in [0.15, 0.2) is 5.58 Å². The Balaban J connectivity index is 3.05. The van der Waals surface area contributed by atoms with Crippen LogP contribution in [0.15, 0.2) is 33.9 Å². The van der Waals surface area contributed by atoms with Gasteiger partial charge in [-0.05, 0) is 19.1 Å². The average molecular weight is 176 g/mol. The molecule has 0 saturated heterocycles. The van der Waals surface area contributed by atoms with E-state index in [1.807, 2.05) is 19.1 Å². The van der Waals surface area contributed by atoms with E-state index in [0.717, 1.165) is 11.1 Å². The van der Waals surface area contributed by atoms with Gasteiger partial charge in [0, 0.05) is 5.39 Å². The first-order chi connectivity index (χ1) is 6.33. The molecular weight excluding hydrogens is 168 g/mol. The third-order valence-electron chi connectivity index (χ3n) is 1.88. The van der Waals surface area contributed by atoms with E-state index < -0.39 is 0 Å². The molecule has 1 aromatic carbocycles. The van der Waals surface area contributed by atoms with Gasteiger partial charge in [-0.25, -0.2) is 0 Å². The smallest absolute Gasteiger partial charge is 0.196 e. The van der Waals surface area contributed by atoms with E-state index in [-0.39, 0.29) is 0 Å². The van der Waals surface area contributed by atoms with Crippen molar-refractivity contribution in [1.29, 1.82) is 0 Å². The predicted molar refractivity (Wildman–Crippen MR) is 46.1 cm³/mol. The molecule has 4 nitrogen and oxygen atoms in total. The summed E-state index contributed by atoms with van der Waals surface area (Å²) in [5, 5.41) is 16.8. The van der Waals surface area contributed by atoms with Crippen molar-refractivity contribution in [3.05, 3.63) is 35.3 Å². The van der Waals surface area contributed by atoms with Crippen molar-refractivity contribution >= 4 is 11.0 Å². The van der Waals surface area contributed by atoms with Crippen LogP contribution >= 0.6 is 0 Å². The van der Waals surface area contributed by atoms with Crippen LogP contribution in [0.5, 0.6) is 0 Å². The van der Waals surface area contributed by atoms with E-state index in [2.05, 4.69) is 10.3 Å². The second kappa shape index (κ2) is 2.90. The highest BCUT2D eigenvalue weighted by molar-refractivity contribution is 5.77. The Morgan fingerprint density at radius 2 is 2.15 bits per heavy atom. The first kappa shape index (κ1) is 7.79. The molecule has 0 fully saturated rings. The molecule has 0 bridgehead atoms. The molecule has 0 radical (unpaired) electrons. The number of rotatable bonds is 0. The Labute approximate surface area is 74.1 Å². The fourth-order valence-corrected chi connectivity index (χ4v) is 1.21. The average Bonchev–Trinajstić information content (AvgIpc) is 2.39. The summed E-state index contributed by atoms with van der Waals surface area (Å²) in [7, 11) is 0. The van der Waals surface area contributed by atoms with Crippen LogP contribution in [0.3, 0.4) is 0 Å². The minimum Gasteiger partial charge on any atom is -0.410 e. The highest BCUT2D eigenvalue weighted by Gasteiger charge is 2.03. The van der Waals surface area contributed by atoms with Gasteiger partial charge in [0.25, 0.3) is 0 Å². The molecule has 0 aliphatic carbocycles. The zero-order valence-corrected chi connectivity index (χ0v) is 7.06. The number of nitrogens with zero attached hydrogens (tertiary/aromatic N) is 2. The molecule has 0 aliphatic rings. The Hall–Kier alpha value is -1.84. The maximum atomic E-state index is 8.69. The van der Waals surface area contributed by atoms with Gasteiger partial charge in [0.1, 0.15) is 5.36 Å². The zero-order valence-electron chi connectivity index (χ0n) is 7.06. The minimum atomic E-state index is 0.389. The molecule has 0 atom stereocenters. The van der Waals surface area contributed by atoms with E-state index in [4.69, 9.17) is 9.73 Å². The van der Waals surface area contributed by atoms with Gasteiger partial charge in [-0.1, -0.05) is 22.4 Å². The summed E-state index contributed by atoms with van der Waals surface area (Å²) in [6.45, 7) is 1.84. The molecule has 0 saturated carbocycles. The summed E-state index contributed by atoms with van der Waals surface area (Å²) in [4.78, 5) is 0. The van der Waals surface area contributed by atoms with Crippen molar-refractivity contribution < 1.29 is 9.73 Å². The summed E-state index contributed by atoms with van der Waals surface area (Å²) in [5.74, 6) is 0. The predicted octanol–water partition coefficient (Wildman–Crippen LogP) is 1.43. The Morgan fingerprint density at radius 3 is 2.92 bits per heavy atom. The molecule has 1 N–H and O–H groups in total. The number of hydrogen-bond donors (Lipinski definition) is 1. The van der Waals surface area contributed by atoms with Crippen LogP contribution in [-0.4, -0.2) is 10.4 Å². The molecule has 2 aromatic rings. The van der Waals surface area contributed by atoms with Crippen molar-refractivity contribution in [2.24, 2.45) is 5.16 Å². The van der Waals surface area contributed by atoms with Gasteiger partial charge in [-0.15, -0.1) is 0 Å². The van der Waals surface area contributed by atoms with Gasteiger partial charge in [0.05, 0.1) is 5.69 Å². The summed E-state index contributed by atoms with van der Waals surface area (Å²) in [6.07, 6.45) is 0. The summed E-state index contributed by atoms with van der Waals surface area (Å²) in [6, 6.07) is 7.16. The molecule has 1 heterocycles. The first-order valence-electron chi connectivity index (χ1n) is 3.86. The molecule has 0 amide bonds. The third-order valence-corrected chi connectivity index (χ3v) is 1.88. The van der Waals surface area contributed by atoms with Crippen LogP contribution in [0, 0.1) is 6.92 Å². The van der Waals surface area contributed by atoms with Gasteiger partial charge in [-0.3, -0.25) is 0 Å². The van der Waals surface area contributed by atoms with E-state index in [0.29, 0.717) is 10.9 Å². The second-order valence-corrected chi connectivity index (χ2v) is 2.71. The van der Waals surface area contributed by atoms with Gasteiger partial charge in [0.2, 0.25) is 0 Å². The van der Waals surface area contributed by atoms with Crippen LogP contribution in [0.25, 0.3) is 11.0 Å². The number of aromatic nitrogens is 1. The van der Waals surface area contributed by atoms with Gasteiger partial charge < -0.3 is 9.73 Å². The van der Waals surface area contributed by atoms with E-state index >= 15 is 0 Å². The molecule has 66 valence electrons. The van der Waals surface area contributed by atoms with Crippen LogP contribution in [0.4, 0.5) is 0 Å². The molecular formula is C9H8N2O2. The van der Waals surface area contributed by atoms with E-state index in [1.54, 1.807) is 12.1 Å². The van der Waals surface area contributed by atoms with E-state index in [1.165, 1.54) is 0 Å². The van der Waals surface area contributed by atoms with Crippen LogP contribution in [0.1, 0.15) is 5.69 Å². The van der Waals surface area contributed by atoms with Gasteiger partial charge in [-0.2, -0.15) is 0 Å². The van der Waals surface area contributed by atoms with E-state index in [9.17, 15) is 0 Å². The third kappa shape index (κ3) is 1.16. The summed E-state index contributed by atoms with van der Waals surface area (Å²) in [5.41, 5.74) is 1.29. The Kier molecular flexibility index (Phi) is 1.73. The Morgan fingerprint density at radius 1 is 1.38 bits per heavy atom. The maximum absolute atomic E-state index is 8.69. The molecule has 0 unspecified atom stereocenters. The SMILES string of the molecule is Cc1noc2c(=NO)ccccc12. The monoisotopic (exact) mass is 176 g/mol. The van der Waals surface area contributed by atoms with Crippen molar-refractivity contribution in [3.8, 4) is 0 Å². The normalized spacial score (nSPS) is 12.2. The van der Waals surface area contributed by atoms with Crippen LogP contribution in [0.2, 0.25) is 0 Å². The molecule has 4 heteroatoms. The molecule has 13 heavy (non-hydrogen) atoms. The van der Waals surface area contributed by atoms with Crippen molar-refractivity contribution in [3.63, 3.8) is 0 Å². The van der Waals surface area contributed by atoms with Crippen LogP contribution in [-0.2, 0) is 0 Å². The fourth-order valence-electron chi connectivity index (χ4n) is 1.21. The van der Waals surface area contributed by atoms with Crippen molar-refractivity contribution in [2.75, 3.05) is 0 Å². The first-order valence-corrected chi connectivity index (χ1v) is 3.86. The molecule has 1 aromatic heterocycles. The lowest BCUT2D eigenvalue weighted by Crippen LogP contribution is -1.96. The van der Waals surface area contributed by atoms with Crippen LogP contribution < -0.4 is 5.36 Å². The molecule has 0 spiro atoms. The minimum absolute atomic E-state index is 0.389. The summed E-state index contributed by atoms with van der Waals surface area (Å²) >= 11 is 0. The lowest BCUT2D eigenvalue weighted by Gasteiger charge is -1.77. The highest BCUT2D eigenvalue weighted by Crippen LogP contribution is 2.11. The number of fused-ring (bicyclic) bond motifs is 1.